The van der Waals surface area contributed by atoms with Crippen molar-refractivity contribution in [2.75, 3.05) is 48.9 Å². The van der Waals surface area contributed by atoms with Gasteiger partial charge in [0.25, 0.3) is 0 Å². The van der Waals surface area contributed by atoms with Gasteiger partial charge in [-0.15, -0.1) is 0 Å². The maximum Gasteiger partial charge on any atom is 0.228 e. The number of benzene rings is 2. The molecule has 0 spiro atoms. The number of ether oxygens (including phenoxy) is 1. The summed E-state index contributed by atoms with van der Waals surface area (Å²) in [4.78, 5) is 11.9. The van der Waals surface area contributed by atoms with E-state index in [-0.39, 0.29) is 0 Å². The Labute approximate surface area is 195 Å². The summed E-state index contributed by atoms with van der Waals surface area (Å²) in [5, 5.41) is 16.9. The van der Waals surface area contributed by atoms with E-state index in [1.165, 1.54) is 0 Å². The van der Waals surface area contributed by atoms with Gasteiger partial charge in [0.2, 0.25) is 5.95 Å². The molecule has 1 aliphatic heterocycles. The maximum atomic E-state index is 5.52. The van der Waals surface area contributed by atoms with Crippen LogP contribution in [0.2, 0.25) is 0 Å². The van der Waals surface area contributed by atoms with E-state index < -0.39 is 0 Å². The smallest absolute Gasteiger partial charge is 0.228 e. The third-order valence-corrected chi connectivity index (χ3v) is 6.03. The Morgan fingerprint density at radius 1 is 1.00 bits per heavy atom. The van der Waals surface area contributed by atoms with Crippen LogP contribution >= 0.6 is 0 Å². The lowest BCUT2D eigenvalue weighted by Gasteiger charge is -2.27. The number of nitrogens with zero attached hydrogens (tertiary/aromatic N) is 6. The number of aryl methyl sites for hydroxylation is 1. The lowest BCUT2D eigenvalue weighted by Crippen LogP contribution is -2.37. The predicted molar refractivity (Wildman–Crippen MR) is 132 cm³/mol. The Bertz CT molecular complexity index is 1490. The monoisotopic (exact) mass is 456 g/mol. The molecule has 2 N–H and O–H groups in total. The number of fused-ring (bicyclic) bond motifs is 2. The maximum absolute atomic E-state index is 5.52. The molecule has 6 rings (SSSR count). The lowest BCUT2D eigenvalue weighted by atomic mass is 10.1. The van der Waals surface area contributed by atoms with E-state index in [9.17, 15) is 0 Å². The van der Waals surface area contributed by atoms with Crippen molar-refractivity contribution < 1.29 is 9.26 Å². The number of hydrogen-bond acceptors (Lipinski definition) is 9. The second-order valence-corrected chi connectivity index (χ2v) is 8.20. The minimum atomic E-state index is 0.660. The van der Waals surface area contributed by atoms with Crippen molar-refractivity contribution in [2.24, 2.45) is 7.05 Å². The highest BCUT2D eigenvalue weighted by molar-refractivity contribution is 5.90. The number of morpholine rings is 1. The number of anilines is 4. The first-order valence-corrected chi connectivity index (χ1v) is 11.2. The fourth-order valence-corrected chi connectivity index (χ4v) is 4.20. The second-order valence-electron chi connectivity index (χ2n) is 8.20. The molecule has 0 saturated carbocycles. The topological polar surface area (TPSA) is 106 Å². The Hall–Kier alpha value is -4.18. The van der Waals surface area contributed by atoms with Gasteiger partial charge in [0, 0.05) is 56.0 Å². The highest BCUT2D eigenvalue weighted by atomic mass is 16.5. The van der Waals surface area contributed by atoms with Crippen molar-refractivity contribution in [3.05, 3.63) is 48.7 Å². The van der Waals surface area contributed by atoms with Crippen molar-refractivity contribution in [3.63, 3.8) is 0 Å². The van der Waals surface area contributed by atoms with Crippen molar-refractivity contribution >= 4 is 45.1 Å². The van der Waals surface area contributed by atoms with Crippen LogP contribution in [0.1, 0.15) is 0 Å². The molecule has 172 valence electrons. The van der Waals surface area contributed by atoms with Crippen LogP contribution in [0.3, 0.4) is 0 Å². The van der Waals surface area contributed by atoms with E-state index >= 15 is 0 Å². The van der Waals surface area contributed by atoms with Crippen LogP contribution in [-0.4, -0.2) is 58.3 Å². The standard InChI is InChI=1S/C24H24N8O2/c1-25-23-18-6-5-17(12-21(18)34-30-23)27-22-13-19(28-24(29-22)32-7-9-33-10-8-32)15-3-4-16-14-26-31(2)20(16)11-15/h3-6,11-14H,7-10H2,1-2H3,(H,25,30)(H,27,28,29). The van der Waals surface area contributed by atoms with Gasteiger partial charge in [-0.25, -0.2) is 4.98 Å². The molecule has 3 aromatic heterocycles. The fraction of sp³-hybridized carbons (Fsp3) is 0.250. The van der Waals surface area contributed by atoms with E-state index in [1.54, 1.807) is 0 Å². The first-order valence-electron chi connectivity index (χ1n) is 11.2. The number of hydrogen-bond donors (Lipinski definition) is 2. The molecule has 10 heteroatoms. The predicted octanol–water partition coefficient (Wildman–Crippen LogP) is 3.79. The van der Waals surface area contributed by atoms with Gasteiger partial charge in [-0.05, 0) is 18.2 Å². The first-order chi connectivity index (χ1) is 16.7. The Morgan fingerprint density at radius 3 is 2.74 bits per heavy atom. The van der Waals surface area contributed by atoms with E-state index in [0.29, 0.717) is 36.4 Å². The average molecular weight is 457 g/mol. The molecule has 1 aliphatic rings. The van der Waals surface area contributed by atoms with Gasteiger partial charge >= 0.3 is 0 Å². The SMILES string of the molecule is CNc1noc2cc(Nc3cc(-c4ccc5cnn(C)c5c4)nc(N4CCOCC4)n3)ccc12. The van der Waals surface area contributed by atoms with Gasteiger partial charge < -0.3 is 24.8 Å². The van der Waals surface area contributed by atoms with Gasteiger partial charge in [-0.1, -0.05) is 17.3 Å². The largest absolute Gasteiger partial charge is 0.378 e. The molecule has 0 amide bonds. The average Bonchev–Trinajstić information content (AvgIpc) is 3.47. The molecule has 2 aromatic carbocycles. The molecular weight excluding hydrogens is 432 g/mol. The molecule has 4 heterocycles. The van der Waals surface area contributed by atoms with E-state index in [1.807, 2.05) is 49.2 Å². The van der Waals surface area contributed by atoms with Crippen molar-refractivity contribution in [2.45, 2.75) is 0 Å². The summed E-state index contributed by atoms with van der Waals surface area (Å²) in [6.45, 7) is 2.82. The highest BCUT2D eigenvalue weighted by Gasteiger charge is 2.17. The van der Waals surface area contributed by atoms with Gasteiger partial charge in [0.1, 0.15) is 5.82 Å². The van der Waals surface area contributed by atoms with E-state index in [0.717, 1.165) is 46.3 Å². The molecule has 0 aliphatic carbocycles. The molecule has 0 atom stereocenters. The molecule has 34 heavy (non-hydrogen) atoms. The first kappa shape index (κ1) is 20.4. The summed E-state index contributed by atoms with van der Waals surface area (Å²) in [6, 6.07) is 14.1. The van der Waals surface area contributed by atoms with Gasteiger partial charge in [-0.3, -0.25) is 4.68 Å². The summed E-state index contributed by atoms with van der Waals surface area (Å²) >= 11 is 0. The van der Waals surface area contributed by atoms with Gasteiger partial charge in [0.15, 0.2) is 11.4 Å². The van der Waals surface area contributed by atoms with Gasteiger partial charge in [0.05, 0.1) is 36.0 Å². The molecule has 0 radical (unpaired) electrons. The van der Waals surface area contributed by atoms with Crippen LogP contribution in [0.25, 0.3) is 33.1 Å². The molecule has 0 bridgehead atoms. The van der Waals surface area contributed by atoms with Gasteiger partial charge in [-0.2, -0.15) is 10.1 Å². The van der Waals surface area contributed by atoms with E-state index in [2.05, 4.69) is 44.0 Å². The molecule has 10 nitrogen and oxygen atoms in total. The number of aromatic nitrogens is 5. The van der Waals surface area contributed by atoms with Crippen molar-refractivity contribution in [3.8, 4) is 11.3 Å². The molecule has 1 fully saturated rings. The lowest BCUT2D eigenvalue weighted by molar-refractivity contribution is 0.122. The zero-order chi connectivity index (χ0) is 23.1. The van der Waals surface area contributed by atoms with Crippen LogP contribution in [0.5, 0.6) is 0 Å². The Balaban J connectivity index is 1.41. The number of nitrogens with one attached hydrogen (secondary N) is 2. The van der Waals surface area contributed by atoms with Crippen molar-refractivity contribution in [1.29, 1.82) is 0 Å². The summed E-state index contributed by atoms with van der Waals surface area (Å²) < 4.78 is 12.9. The summed E-state index contributed by atoms with van der Waals surface area (Å²) in [5.41, 5.74) is 4.43. The van der Waals surface area contributed by atoms with E-state index in [4.69, 9.17) is 19.2 Å². The minimum Gasteiger partial charge on any atom is -0.378 e. The molecule has 1 saturated heterocycles. The molecule has 5 aromatic rings. The third-order valence-electron chi connectivity index (χ3n) is 6.03. The summed E-state index contributed by atoms with van der Waals surface area (Å²) in [7, 11) is 3.76. The van der Waals surface area contributed by atoms with Crippen LogP contribution in [0, 0.1) is 0 Å². The minimum absolute atomic E-state index is 0.660. The second kappa shape index (κ2) is 8.31. The molecule has 0 unspecified atom stereocenters. The highest BCUT2D eigenvalue weighted by Crippen LogP contribution is 2.30. The van der Waals surface area contributed by atoms with Crippen LogP contribution in [-0.2, 0) is 11.8 Å². The zero-order valence-corrected chi connectivity index (χ0v) is 18.9. The quantitative estimate of drug-likeness (QED) is 0.408. The summed E-state index contributed by atoms with van der Waals surface area (Å²) in [5.74, 6) is 2.09. The normalized spacial score (nSPS) is 14.1. The van der Waals surface area contributed by atoms with Crippen molar-refractivity contribution in [1.82, 2.24) is 24.9 Å². The van der Waals surface area contributed by atoms with Crippen LogP contribution < -0.4 is 15.5 Å². The summed E-state index contributed by atoms with van der Waals surface area (Å²) in [6.07, 6.45) is 1.87. The Kier molecular flexibility index (Phi) is 4.99. The Morgan fingerprint density at radius 2 is 1.88 bits per heavy atom. The zero-order valence-electron chi connectivity index (χ0n) is 18.9. The third kappa shape index (κ3) is 3.67. The molecular formula is C24H24N8O2. The fourth-order valence-electron chi connectivity index (χ4n) is 4.20. The van der Waals surface area contributed by atoms with Crippen LogP contribution in [0.4, 0.5) is 23.3 Å². The number of rotatable bonds is 5. The van der Waals surface area contributed by atoms with Crippen LogP contribution in [0.15, 0.2) is 53.2 Å².